The topological polar surface area (TPSA) is 78.1 Å². The molecule has 5 heteroatoms. The number of hydrogen-bond donors (Lipinski definition) is 2. The Morgan fingerprint density at radius 2 is 1.19 bits per heavy atom. The van der Waals surface area contributed by atoms with Crippen LogP contribution < -0.4 is 0 Å². The van der Waals surface area contributed by atoms with Gasteiger partial charge >= 0.3 is 0 Å². The fraction of sp³-hybridized carbons (Fsp3) is 0.296. The van der Waals surface area contributed by atoms with Crippen molar-refractivity contribution in [3.63, 3.8) is 0 Å². The molecule has 2 atom stereocenters. The van der Waals surface area contributed by atoms with Gasteiger partial charge in [0.15, 0.2) is 0 Å². The summed E-state index contributed by atoms with van der Waals surface area (Å²) in [5.41, 5.74) is 6.13. The molecule has 0 radical (unpaired) electrons. The van der Waals surface area contributed by atoms with Crippen molar-refractivity contribution in [1.29, 1.82) is 0 Å². The quantitative estimate of drug-likeness (QED) is 0.543. The maximum atomic E-state index is 10.1. The average Bonchev–Trinajstić information content (AvgIpc) is 2.82. The Kier molecular flexibility index (Phi) is 5.71. The first-order valence-electron chi connectivity index (χ1n) is 11.3. The molecule has 0 fully saturated rings. The normalized spacial score (nSPS) is 20.4. The molecule has 2 N–H and O–H groups in total. The zero-order chi connectivity index (χ0) is 21.9. The average molecular weight is 426 g/mol. The van der Waals surface area contributed by atoms with Gasteiger partial charge in [-0.25, -0.2) is 0 Å². The Morgan fingerprint density at radius 1 is 0.719 bits per heavy atom. The number of para-hydroxylation sites is 2. The van der Waals surface area contributed by atoms with Crippen molar-refractivity contribution in [2.75, 3.05) is 0 Å². The molecule has 2 unspecified atom stereocenters. The van der Waals surface area contributed by atoms with Gasteiger partial charge in [0.1, 0.15) is 11.5 Å². The number of aryl methyl sites for hydroxylation is 2. The lowest BCUT2D eigenvalue weighted by Gasteiger charge is -2.28. The molecule has 2 aliphatic rings. The van der Waals surface area contributed by atoms with E-state index in [-0.39, 0.29) is 23.6 Å². The molecule has 5 rings (SSSR count). The Labute approximate surface area is 188 Å². The molecule has 0 amide bonds. The maximum Gasteiger partial charge on any atom is 0.124 e. The summed E-state index contributed by atoms with van der Waals surface area (Å²) >= 11 is 0. The molecule has 3 aromatic rings. The number of aromatic nitrogens is 1. The van der Waals surface area contributed by atoms with Crippen LogP contribution in [0.1, 0.15) is 71.4 Å². The summed E-state index contributed by atoms with van der Waals surface area (Å²) in [4.78, 5) is 14.8. The summed E-state index contributed by atoms with van der Waals surface area (Å²) in [6.45, 7) is 0. The van der Waals surface area contributed by atoms with Crippen LogP contribution in [0.5, 0.6) is 11.5 Å². The van der Waals surface area contributed by atoms with E-state index in [1.807, 2.05) is 36.4 Å². The molecule has 0 saturated carbocycles. The van der Waals surface area contributed by atoms with E-state index in [9.17, 15) is 10.2 Å². The Hall–Kier alpha value is -3.47. The van der Waals surface area contributed by atoms with Gasteiger partial charge in [-0.1, -0.05) is 30.3 Å². The minimum absolute atomic E-state index is 0.00613. The summed E-state index contributed by atoms with van der Waals surface area (Å²) in [6, 6.07) is 16.8. The number of hydrogen-bond acceptors (Lipinski definition) is 5. The lowest BCUT2D eigenvalue weighted by atomic mass is 9.85. The van der Waals surface area contributed by atoms with E-state index in [0.29, 0.717) is 0 Å². The summed E-state index contributed by atoms with van der Waals surface area (Å²) in [7, 11) is 0. The molecule has 162 valence electrons. The van der Waals surface area contributed by atoms with Gasteiger partial charge in [0, 0.05) is 23.6 Å². The number of aromatic hydroxyl groups is 2. The number of phenolic OH excluding ortho intramolecular Hbond substituents is 2. The molecule has 2 aliphatic carbocycles. The molecule has 0 saturated heterocycles. The number of aliphatic imine (C=N–C) groups is 2. The molecule has 0 spiro atoms. The maximum absolute atomic E-state index is 10.1. The van der Waals surface area contributed by atoms with Gasteiger partial charge in [-0.2, -0.15) is 0 Å². The van der Waals surface area contributed by atoms with Gasteiger partial charge in [-0.3, -0.25) is 15.0 Å². The lowest BCUT2D eigenvalue weighted by Crippen LogP contribution is -2.18. The number of pyridine rings is 1. The predicted octanol–water partition coefficient (Wildman–Crippen LogP) is 5.49. The smallest absolute Gasteiger partial charge is 0.124 e. The van der Waals surface area contributed by atoms with Gasteiger partial charge in [-0.05, 0) is 73.9 Å². The highest BCUT2D eigenvalue weighted by Crippen LogP contribution is 2.38. The summed E-state index contributed by atoms with van der Waals surface area (Å²) in [5, 5.41) is 20.1. The van der Waals surface area contributed by atoms with Crippen molar-refractivity contribution < 1.29 is 10.2 Å². The third kappa shape index (κ3) is 4.15. The van der Waals surface area contributed by atoms with Crippen LogP contribution in [0, 0.1) is 0 Å². The molecule has 1 aromatic heterocycles. The van der Waals surface area contributed by atoms with Gasteiger partial charge in [0.2, 0.25) is 0 Å². The van der Waals surface area contributed by atoms with Gasteiger partial charge in [0.05, 0.1) is 23.5 Å². The van der Waals surface area contributed by atoms with Crippen LogP contribution in [0.25, 0.3) is 0 Å². The number of nitrogens with zero attached hydrogens (tertiary/aromatic N) is 3. The van der Waals surface area contributed by atoms with E-state index >= 15 is 0 Å². The Balaban J connectivity index is 1.46. The molecule has 32 heavy (non-hydrogen) atoms. The highest BCUT2D eigenvalue weighted by Gasteiger charge is 2.27. The van der Waals surface area contributed by atoms with Crippen LogP contribution in [0.4, 0.5) is 0 Å². The largest absolute Gasteiger partial charge is 0.507 e. The van der Waals surface area contributed by atoms with Crippen LogP contribution in [0.3, 0.4) is 0 Å². The number of fused-ring (bicyclic) bond motifs is 2. The third-order valence-electron chi connectivity index (χ3n) is 6.39. The summed E-state index contributed by atoms with van der Waals surface area (Å²) in [6.07, 6.45) is 9.68. The van der Waals surface area contributed by atoms with Crippen LogP contribution in [-0.2, 0) is 12.8 Å². The van der Waals surface area contributed by atoms with Crippen molar-refractivity contribution >= 4 is 12.4 Å². The molecular formula is C27H27N3O2. The number of benzene rings is 2. The third-order valence-corrected chi connectivity index (χ3v) is 6.39. The molecule has 0 aliphatic heterocycles. The second-order valence-corrected chi connectivity index (χ2v) is 8.57. The molecule has 2 aromatic carbocycles. The van der Waals surface area contributed by atoms with E-state index in [4.69, 9.17) is 15.0 Å². The first-order chi connectivity index (χ1) is 15.7. The first-order valence-corrected chi connectivity index (χ1v) is 11.3. The zero-order valence-corrected chi connectivity index (χ0v) is 18.0. The van der Waals surface area contributed by atoms with Crippen molar-refractivity contribution in [2.45, 2.75) is 50.6 Å². The summed E-state index contributed by atoms with van der Waals surface area (Å²) in [5.74, 6) is 0.480. The number of phenols is 2. The Bertz CT molecular complexity index is 1100. The fourth-order valence-electron chi connectivity index (χ4n) is 4.68. The highest BCUT2D eigenvalue weighted by atomic mass is 16.3. The SMILES string of the molecule is Oc1ccccc1C=NC1CCCc2cc3c(nc21)C(N=Cc1ccccc1O)CCC3. The predicted molar refractivity (Wildman–Crippen MR) is 127 cm³/mol. The zero-order valence-electron chi connectivity index (χ0n) is 18.0. The van der Waals surface area contributed by atoms with Crippen molar-refractivity contribution in [2.24, 2.45) is 9.98 Å². The van der Waals surface area contributed by atoms with Crippen molar-refractivity contribution in [3.05, 3.63) is 88.2 Å². The molecular weight excluding hydrogens is 398 g/mol. The van der Waals surface area contributed by atoms with E-state index < -0.39 is 0 Å². The first kappa shape index (κ1) is 20.4. The summed E-state index contributed by atoms with van der Waals surface area (Å²) < 4.78 is 0. The van der Waals surface area contributed by atoms with Crippen LogP contribution in [0.15, 0.2) is 64.6 Å². The van der Waals surface area contributed by atoms with Gasteiger partial charge < -0.3 is 10.2 Å². The highest BCUT2D eigenvalue weighted by molar-refractivity contribution is 5.84. The second kappa shape index (κ2) is 8.95. The van der Waals surface area contributed by atoms with E-state index in [0.717, 1.165) is 61.0 Å². The minimum atomic E-state index is -0.00613. The number of rotatable bonds is 4. The van der Waals surface area contributed by atoms with Crippen LogP contribution in [-0.4, -0.2) is 27.6 Å². The van der Waals surface area contributed by atoms with Crippen molar-refractivity contribution in [1.82, 2.24) is 4.98 Å². The van der Waals surface area contributed by atoms with E-state index in [2.05, 4.69) is 6.07 Å². The Morgan fingerprint density at radius 3 is 1.66 bits per heavy atom. The van der Waals surface area contributed by atoms with E-state index in [1.54, 1.807) is 24.6 Å². The molecule has 1 heterocycles. The molecule has 0 bridgehead atoms. The van der Waals surface area contributed by atoms with Gasteiger partial charge in [-0.15, -0.1) is 0 Å². The van der Waals surface area contributed by atoms with Crippen molar-refractivity contribution in [3.8, 4) is 11.5 Å². The minimum Gasteiger partial charge on any atom is -0.507 e. The second-order valence-electron chi connectivity index (χ2n) is 8.57. The molecule has 5 nitrogen and oxygen atoms in total. The van der Waals surface area contributed by atoms with Gasteiger partial charge in [0.25, 0.3) is 0 Å². The standard InChI is InChI=1S/C27H27N3O2/c31-24-13-3-1-7-20(24)16-28-22-11-5-9-18-15-19-10-6-12-23(27(19)30-26(18)22)29-17-21-8-2-4-14-25(21)32/h1-4,7-8,13-17,22-23,31-32H,5-6,9-12H2. The van der Waals surface area contributed by atoms with Crippen LogP contribution in [0.2, 0.25) is 0 Å². The lowest BCUT2D eigenvalue weighted by molar-refractivity contribution is 0.474. The fourth-order valence-corrected chi connectivity index (χ4v) is 4.68. The van der Waals surface area contributed by atoms with E-state index in [1.165, 1.54) is 11.1 Å². The monoisotopic (exact) mass is 425 g/mol. The van der Waals surface area contributed by atoms with Crippen LogP contribution >= 0.6 is 0 Å².